The topological polar surface area (TPSA) is 38.7 Å². The summed E-state index contributed by atoms with van der Waals surface area (Å²) in [5.74, 6) is -0.320. The van der Waals surface area contributed by atoms with E-state index in [2.05, 4.69) is 11.1 Å². The molecule has 1 atom stereocenters. The van der Waals surface area contributed by atoms with Crippen LogP contribution in [0.2, 0.25) is 0 Å². The second-order valence-corrected chi connectivity index (χ2v) is 4.99. The molecule has 3 heteroatoms. The largest absolute Gasteiger partial charge is 0.465 e. The summed E-state index contributed by atoms with van der Waals surface area (Å²) in [5.41, 5.74) is 0.707. The zero-order chi connectivity index (χ0) is 12.2. The fraction of sp³-hybridized carbons (Fsp3) is 0.692. The summed E-state index contributed by atoms with van der Waals surface area (Å²) in [6.07, 6.45) is 5.76. The van der Waals surface area contributed by atoms with Gasteiger partial charge >= 0.3 is 5.97 Å². The van der Waals surface area contributed by atoms with Gasteiger partial charge in [0.25, 0.3) is 0 Å². The predicted octanol–water partition coefficient (Wildman–Crippen LogP) is 2.76. The van der Waals surface area contributed by atoms with E-state index < -0.39 is 0 Å². The maximum atomic E-state index is 11.8. The smallest absolute Gasteiger partial charge is 0.315 e. The van der Waals surface area contributed by atoms with Crippen molar-refractivity contribution in [1.29, 1.82) is 0 Å². The molecule has 0 aromatic carbocycles. The minimum Gasteiger partial charge on any atom is -0.465 e. The van der Waals surface area contributed by atoms with Crippen LogP contribution in [0.25, 0.3) is 0 Å². The number of carbonyl (C=O) groups is 1. The van der Waals surface area contributed by atoms with Crippen LogP contribution in [-0.4, -0.2) is 23.8 Å². The van der Waals surface area contributed by atoms with Crippen LogP contribution in [-0.2, 0) is 9.53 Å². The number of hydrogen-bond acceptors (Lipinski definition) is 3. The highest BCUT2D eigenvalue weighted by Crippen LogP contribution is 2.21. The Bertz CT molecular complexity index is 310. The first-order valence-electron chi connectivity index (χ1n) is 5.87. The summed E-state index contributed by atoms with van der Waals surface area (Å²) in [4.78, 5) is 16.3. The first kappa shape index (κ1) is 12.9. The van der Waals surface area contributed by atoms with E-state index >= 15 is 0 Å². The van der Waals surface area contributed by atoms with E-state index in [1.807, 2.05) is 33.8 Å². The molecule has 0 amide bonds. The van der Waals surface area contributed by atoms with Gasteiger partial charge in [0.15, 0.2) is 0 Å². The lowest BCUT2D eigenvalue weighted by atomic mass is 9.91. The maximum absolute atomic E-state index is 11.8. The van der Waals surface area contributed by atoms with Gasteiger partial charge in [0.05, 0.1) is 18.1 Å². The number of esters is 1. The van der Waals surface area contributed by atoms with Crippen LogP contribution in [0, 0.1) is 5.92 Å². The standard InChI is InChI=1S/C13H21NO2/c1-5-16-12(15)10-8-6-7-9-11(10)14-13(2,3)4/h7,9-10H,5-6,8H2,1-4H3. The number of carbonyl (C=O) groups excluding carboxylic acids is 1. The molecule has 0 bridgehead atoms. The lowest BCUT2D eigenvalue weighted by Crippen LogP contribution is -2.29. The quantitative estimate of drug-likeness (QED) is 0.675. The third-order valence-corrected chi connectivity index (χ3v) is 2.30. The lowest BCUT2D eigenvalue weighted by Gasteiger charge is -2.22. The zero-order valence-electron chi connectivity index (χ0n) is 10.6. The van der Waals surface area contributed by atoms with Gasteiger partial charge in [-0.3, -0.25) is 9.79 Å². The molecule has 0 fully saturated rings. The molecule has 0 aromatic heterocycles. The van der Waals surface area contributed by atoms with Crippen LogP contribution in [0.5, 0.6) is 0 Å². The molecule has 16 heavy (non-hydrogen) atoms. The maximum Gasteiger partial charge on any atom is 0.315 e. The molecular weight excluding hydrogens is 202 g/mol. The summed E-state index contributed by atoms with van der Waals surface area (Å²) in [6, 6.07) is 0. The number of hydrogen-bond donors (Lipinski definition) is 0. The second-order valence-electron chi connectivity index (χ2n) is 4.99. The SMILES string of the molecule is CCOC(=O)C1CCC=CC1=NC(C)(C)C. The van der Waals surface area contributed by atoms with E-state index in [-0.39, 0.29) is 17.4 Å². The van der Waals surface area contributed by atoms with Crippen LogP contribution < -0.4 is 0 Å². The molecular formula is C13H21NO2. The molecule has 0 spiro atoms. The summed E-state index contributed by atoms with van der Waals surface area (Å²) in [6.45, 7) is 8.36. The van der Waals surface area contributed by atoms with Crippen LogP contribution in [0.3, 0.4) is 0 Å². The summed E-state index contributed by atoms with van der Waals surface area (Å²) < 4.78 is 5.07. The number of ether oxygens (including phenoxy) is 1. The Morgan fingerprint density at radius 2 is 2.25 bits per heavy atom. The van der Waals surface area contributed by atoms with Crippen molar-refractivity contribution in [1.82, 2.24) is 0 Å². The van der Waals surface area contributed by atoms with Crippen molar-refractivity contribution in [3.63, 3.8) is 0 Å². The summed E-state index contributed by atoms with van der Waals surface area (Å²) in [5, 5.41) is 0. The fourth-order valence-electron chi connectivity index (χ4n) is 1.71. The molecule has 1 unspecified atom stereocenters. The van der Waals surface area contributed by atoms with Gasteiger partial charge in [-0.05, 0) is 46.6 Å². The van der Waals surface area contributed by atoms with Gasteiger partial charge in [0, 0.05) is 5.71 Å². The van der Waals surface area contributed by atoms with E-state index in [9.17, 15) is 4.79 Å². The van der Waals surface area contributed by atoms with Crippen molar-refractivity contribution in [3.05, 3.63) is 12.2 Å². The highest BCUT2D eigenvalue weighted by molar-refractivity contribution is 6.09. The van der Waals surface area contributed by atoms with Crippen molar-refractivity contribution >= 4 is 11.7 Å². The number of aliphatic imine (C=N–C) groups is 1. The minimum atomic E-state index is -0.177. The molecule has 0 saturated carbocycles. The number of rotatable bonds is 2. The van der Waals surface area contributed by atoms with Gasteiger partial charge in [-0.15, -0.1) is 0 Å². The fourth-order valence-corrected chi connectivity index (χ4v) is 1.71. The molecule has 0 saturated heterocycles. The third kappa shape index (κ3) is 3.80. The van der Waals surface area contributed by atoms with Crippen molar-refractivity contribution in [3.8, 4) is 0 Å². The normalized spacial score (nSPS) is 23.5. The van der Waals surface area contributed by atoms with Crippen molar-refractivity contribution in [2.75, 3.05) is 6.61 Å². The highest BCUT2D eigenvalue weighted by atomic mass is 16.5. The van der Waals surface area contributed by atoms with Crippen LogP contribution in [0.4, 0.5) is 0 Å². The number of allylic oxidation sites excluding steroid dienone is 2. The molecule has 0 aromatic rings. The molecule has 90 valence electrons. The van der Waals surface area contributed by atoms with E-state index in [1.54, 1.807) is 0 Å². The summed E-state index contributed by atoms with van der Waals surface area (Å²) >= 11 is 0. The summed E-state index contributed by atoms with van der Waals surface area (Å²) in [7, 11) is 0. The first-order valence-corrected chi connectivity index (χ1v) is 5.87. The monoisotopic (exact) mass is 223 g/mol. The Labute approximate surface area is 97.6 Å². The third-order valence-electron chi connectivity index (χ3n) is 2.30. The Hall–Kier alpha value is -1.12. The Morgan fingerprint density at radius 1 is 1.56 bits per heavy atom. The average Bonchev–Trinajstić information content (AvgIpc) is 2.16. The van der Waals surface area contributed by atoms with Gasteiger partial charge in [-0.2, -0.15) is 0 Å². The van der Waals surface area contributed by atoms with E-state index in [4.69, 9.17) is 4.74 Å². The van der Waals surface area contributed by atoms with Crippen LogP contribution in [0.15, 0.2) is 17.1 Å². The van der Waals surface area contributed by atoms with E-state index in [0.717, 1.165) is 18.6 Å². The predicted molar refractivity (Wildman–Crippen MR) is 65.7 cm³/mol. The Balaban J connectivity index is 2.87. The average molecular weight is 223 g/mol. The van der Waals surface area contributed by atoms with Crippen LogP contribution >= 0.6 is 0 Å². The molecule has 1 aliphatic carbocycles. The molecule has 1 aliphatic rings. The minimum absolute atomic E-state index is 0.144. The van der Waals surface area contributed by atoms with Crippen LogP contribution in [0.1, 0.15) is 40.5 Å². The lowest BCUT2D eigenvalue weighted by molar-refractivity contribution is -0.145. The molecule has 0 N–H and O–H groups in total. The van der Waals surface area contributed by atoms with Crippen molar-refractivity contribution in [2.45, 2.75) is 46.1 Å². The van der Waals surface area contributed by atoms with E-state index in [0.29, 0.717) is 6.61 Å². The van der Waals surface area contributed by atoms with Crippen molar-refractivity contribution < 1.29 is 9.53 Å². The molecule has 0 aliphatic heterocycles. The highest BCUT2D eigenvalue weighted by Gasteiger charge is 2.27. The van der Waals surface area contributed by atoms with Gasteiger partial charge in [0.1, 0.15) is 0 Å². The van der Waals surface area contributed by atoms with Gasteiger partial charge in [-0.25, -0.2) is 0 Å². The Morgan fingerprint density at radius 3 is 2.81 bits per heavy atom. The molecule has 3 nitrogen and oxygen atoms in total. The molecule has 1 rings (SSSR count). The molecule has 0 radical (unpaired) electrons. The van der Waals surface area contributed by atoms with E-state index in [1.165, 1.54) is 0 Å². The number of nitrogens with zero attached hydrogens (tertiary/aromatic N) is 1. The zero-order valence-corrected chi connectivity index (χ0v) is 10.6. The first-order chi connectivity index (χ1) is 7.44. The molecule has 0 heterocycles. The van der Waals surface area contributed by atoms with Crippen molar-refractivity contribution in [2.24, 2.45) is 10.9 Å². The van der Waals surface area contributed by atoms with Gasteiger partial charge in [-0.1, -0.05) is 6.08 Å². The second kappa shape index (κ2) is 5.28. The van der Waals surface area contributed by atoms with Gasteiger partial charge < -0.3 is 4.74 Å². The van der Waals surface area contributed by atoms with Gasteiger partial charge in [0.2, 0.25) is 0 Å². The Kier molecular flexibility index (Phi) is 4.27.